The molecule has 0 saturated heterocycles. The number of benzene rings is 1. The smallest absolute Gasteiger partial charge is 0.119 e. The molecule has 0 saturated carbocycles. The summed E-state index contributed by atoms with van der Waals surface area (Å²) < 4.78 is 5.80. The van der Waals surface area contributed by atoms with Crippen molar-refractivity contribution in [2.75, 3.05) is 6.61 Å². The standard InChI is InChI=1S/C16H27NO/c1-6-13(2)12-18-15-9-7-8-14(10-15)11-17-16(3,4)5/h7-10,13,17H,6,11-12H2,1-5H3. The summed E-state index contributed by atoms with van der Waals surface area (Å²) in [5.74, 6) is 1.59. The molecule has 0 heterocycles. The molecule has 2 heteroatoms. The molecule has 0 radical (unpaired) electrons. The van der Waals surface area contributed by atoms with E-state index >= 15 is 0 Å². The minimum atomic E-state index is 0.146. The summed E-state index contributed by atoms with van der Waals surface area (Å²) in [5.41, 5.74) is 1.42. The number of hydrogen-bond donors (Lipinski definition) is 1. The zero-order valence-corrected chi connectivity index (χ0v) is 12.4. The summed E-state index contributed by atoms with van der Waals surface area (Å²) >= 11 is 0. The van der Waals surface area contributed by atoms with Crippen molar-refractivity contribution >= 4 is 0 Å². The Morgan fingerprint density at radius 1 is 1.28 bits per heavy atom. The van der Waals surface area contributed by atoms with E-state index in [1.54, 1.807) is 0 Å². The number of rotatable bonds is 6. The van der Waals surface area contributed by atoms with Crippen molar-refractivity contribution in [3.05, 3.63) is 29.8 Å². The Bertz CT molecular complexity index is 354. The van der Waals surface area contributed by atoms with E-state index in [1.807, 2.05) is 6.07 Å². The van der Waals surface area contributed by atoms with Crippen LogP contribution in [0.25, 0.3) is 0 Å². The highest BCUT2D eigenvalue weighted by Crippen LogP contribution is 2.15. The first kappa shape index (κ1) is 15.0. The Morgan fingerprint density at radius 2 is 2.00 bits per heavy atom. The van der Waals surface area contributed by atoms with Crippen molar-refractivity contribution in [1.29, 1.82) is 0 Å². The van der Waals surface area contributed by atoms with Crippen molar-refractivity contribution < 1.29 is 4.74 Å². The molecule has 18 heavy (non-hydrogen) atoms. The third-order valence-corrected chi connectivity index (χ3v) is 2.95. The first-order valence-corrected chi connectivity index (χ1v) is 6.87. The van der Waals surface area contributed by atoms with Crippen LogP contribution in [-0.4, -0.2) is 12.1 Å². The Kier molecular flexibility index (Phi) is 5.67. The highest BCUT2D eigenvalue weighted by atomic mass is 16.5. The second-order valence-corrected chi connectivity index (χ2v) is 6.08. The molecule has 0 aromatic heterocycles. The first-order valence-electron chi connectivity index (χ1n) is 6.87. The molecule has 0 aliphatic carbocycles. The fourth-order valence-corrected chi connectivity index (χ4v) is 1.47. The summed E-state index contributed by atoms with van der Waals surface area (Å²) in [6, 6.07) is 8.35. The Hall–Kier alpha value is -1.02. The molecule has 1 aromatic rings. The molecule has 2 nitrogen and oxygen atoms in total. The predicted molar refractivity (Wildman–Crippen MR) is 78.0 cm³/mol. The molecule has 0 aliphatic rings. The summed E-state index contributed by atoms with van der Waals surface area (Å²) in [7, 11) is 0. The minimum Gasteiger partial charge on any atom is -0.493 e. The molecule has 1 N–H and O–H groups in total. The number of hydrogen-bond acceptors (Lipinski definition) is 2. The maximum Gasteiger partial charge on any atom is 0.119 e. The van der Waals surface area contributed by atoms with Crippen LogP contribution < -0.4 is 10.1 Å². The maximum atomic E-state index is 5.80. The van der Waals surface area contributed by atoms with Crippen LogP contribution in [0.4, 0.5) is 0 Å². The predicted octanol–water partition coefficient (Wildman–Crippen LogP) is 4.00. The quantitative estimate of drug-likeness (QED) is 0.823. The van der Waals surface area contributed by atoms with Gasteiger partial charge in [0.25, 0.3) is 0 Å². The fraction of sp³-hybridized carbons (Fsp3) is 0.625. The molecule has 102 valence electrons. The Labute approximate surface area is 112 Å². The molecular formula is C16H27NO. The van der Waals surface area contributed by atoms with Crippen LogP contribution in [0.2, 0.25) is 0 Å². The SMILES string of the molecule is CCC(C)COc1cccc(CNC(C)(C)C)c1. The average Bonchev–Trinajstić information content (AvgIpc) is 2.33. The summed E-state index contributed by atoms with van der Waals surface area (Å²) in [5, 5.41) is 3.49. The van der Waals surface area contributed by atoms with E-state index < -0.39 is 0 Å². The molecule has 1 aromatic carbocycles. The summed E-state index contributed by atoms with van der Waals surface area (Å²) in [6.45, 7) is 12.6. The average molecular weight is 249 g/mol. The van der Waals surface area contributed by atoms with Gasteiger partial charge in [0.15, 0.2) is 0 Å². The minimum absolute atomic E-state index is 0.146. The van der Waals surface area contributed by atoms with Gasteiger partial charge in [0.05, 0.1) is 6.61 Å². The van der Waals surface area contributed by atoms with Gasteiger partial charge >= 0.3 is 0 Å². The third-order valence-electron chi connectivity index (χ3n) is 2.95. The lowest BCUT2D eigenvalue weighted by Crippen LogP contribution is -2.35. The normalized spacial score (nSPS) is 13.4. The number of ether oxygens (including phenoxy) is 1. The molecule has 0 spiro atoms. The third kappa shape index (κ3) is 6.06. The molecule has 0 aliphatic heterocycles. The van der Waals surface area contributed by atoms with Gasteiger partial charge in [-0.1, -0.05) is 32.4 Å². The first-order chi connectivity index (χ1) is 8.40. The van der Waals surface area contributed by atoms with E-state index in [9.17, 15) is 0 Å². The van der Waals surface area contributed by atoms with Crippen molar-refractivity contribution in [2.24, 2.45) is 5.92 Å². The van der Waals surface area contributed by atoms with Gasteiger partial charge in [-0.2, -0.15) is 0 Å². The number of nitrogens with one attached hydrogen (secondary N) is 1. The van der Waals surface area contributed by atoms with E-state index in [0.29, 0.717) is 5.92 Å². The van der Waals surface area contributed by atoms with E-state index in [1.165, 1.54) is 5.56 Å². The van der Waals surface area contributed by atoms with Crippen LogP contribution in [-0.2, 0) is 6.54 Å². The zero-order chi connectivity index (χ0) is 13.6. The monoisotopic (exact) mass is 249 g/mol. The maximum absolute atomic E-state index is 5.80. The van der Waals surface area contributed by atoms with Gasteiger partial charge in [-0.05, 0) is 44.4 Å². The van der Waals surface area contributed by atoms with Crippen LogP contribution >= 0.6 is 0 Å². The molecule has 0 amide bonds. The zero-order valence-electron chi connectivity index (χ0n) is 12.4. The van der Waals surface area contributed by atoms with Gasteiger partial charge in [-0.3, -0.25) is 0 Å². The molecular weight excluding hydrogens is 222 g/mol. The molecule has 0 fully saturated rings. The van der Waals surface area contributed by atoms with Crippen molar-refractivity contribution in [3.63, 3.8) is 0 Å². The van der Waals surface area contributed by atoms with Crippen LogP contribution in [0.1, 0.15) is 46.6 Å². The van der Waals surface area contributed by atoms with Gasteiger partial charge in [0.2, 0.25) is 0 Å². The van der Waals surface area contributed by atoms with Crippen LogP contribution in [0.5, 0.6) is 5.75 Å². The lowest BCUT2D eigenvalue weighted by molar-refractivity contribution is 0.256. The van der Waals surface area contributed by atoms with E-state index in [0.717, 1.165) is 25.3 Å². The van der Waals surface area contributed by atoms with E-state index in [2.05, 4.69) is 58.1 Å². The topological polar surface area (TPSA) is 21.3 Å². The van der Waals surface area contributed by atoms with Crippen molar-refractivity contribution in [1.82, 2.24) is 5.32 Å². The largest absolute Gasteiger partial charge is 0.493 e. The van der Waals surface area contributed by atoms with Crippen LogP contribution in [0.15, 0.2) is 24.3 Å². The second kappa shape index (κ2) is 6.79. The van der Waals surface area contributed by atoms with Gasteiger partial charge in [0, 0.05) is 12.1 Å². The Balaban J connectivity index is 2.51. The van der Waals surface area contributed by atoms with E-state index in [-0.39, 0.29) is 5.54 Å². The van der Waals surface area contributed by atoms with Crippen LogP contribution in [0.3, 0.4) is 0 Å². The van der Waals surface area contributed by atoms with Crippen molar-refractivity contribution in [3.8, 4) is 5.75 Å². The molecule has 1 rings (SSSR count). The highest BCUT2D eigenvalue weighted by molar-refractivity contribution is 5.28. The summed E-state index contributed by atoms with van der Waals surface area (Å²) in [4.78, 5) is 0. The molecule has 1 unspecified atom stereocenters. The lowest BCUT2D eigenvalue weighted by Gasteiger charge is -2.20. The second-order valence-electron chi connectivity index (χ2n) is 6.08. The van der Waals surface area contributed by atoms with Crippen molar-refractivity contribution in [2.45, 2.75) is 53.1 Å². The molecule has 1 atom stereocenters. The Morgan fingerprint density at radius 3 is 2.61 bits per heavy atom. The molecule has 0 bridgehead atoms. The highest BCUT2D eigenvalue weighted by Gasteiger charge is 2.08. The fourth-order valence-electron chi connectivity index (χ4n) is 1.47. The summed E-state index contributed by atoms with van der Waals surface area (Å²) in [6.07, 6.45) is 1.16. The lowest BCUT2D eigenvalue weighted by atomic mass is 10.1. The van der Waals surface area contributed by atoms with E-state index in [4.69, 9.17) is 4.74 Å². The van der Waals surface area contributed by atoms with Gasteiger partial charge in [-0.15, -0.1) is 0 Å². The van der Waals surface area contributed by atoms with Gasteiger partial charge < -0.3 is 10.1 Å². The van der Waals surface area contributed by atoms with Crippen LogP contribution in [0, 0.1) is 5.92 Å². The van der Waals surface area contributed by atoms with Gasteiger partial charge in [-0.25, -0.2) is 0 Å². The van der Waals surface area contributed by atoms with Gasteiger partial charge in [0.1, 0.15) is 5.75 Å².